The quantitative estimate of drug-likeness (QED) is 0.779. The van der Waals surface area contributed by atoms with Gasteiger partial charge in [-0.15, -0.1) is 0 Å². The smallest absolute Gasteiger partial charge is 0.229 e. The van der Waals surface area contributed by atoms with Crippen molar-refractivity contribution in [3.63, 3.8) is 0 Å². The lowest BCUT2D eigenvalue weighted by molar-refractivity contribution is 0.101. The Kier molecular flexibility index (Phi) is 4.17. The van der Waals surface area contributed by atoms with Crippen LogP contribution in [0.15, 0.2) is 28.7 Å². The summed E-state index contributed by atoms with van der Waals surface area (Å²) in [5.74, 6) is 1.06. The van der Waals surface area contributed by atoms with E-state index in [2.05, 4.69) is 0 Å². The minimum atomic E-state index is -0.303. The molecule has 0 aliphatic heterocycles. The molecule has 0 bridgehead atoms. The van der Waals surface area contributed by atoms with Crippen molar-refractivity contribution in [3.8, 4) is 5.75 Å². The number of hydrogen-bond donors (Lipinski definition) is 0. The molecule has 2 aromatic rings. The molecule has 0 N–H and O–H groups in total. The van der Waals surface area contributed by atoms with Crippen LogP contribution in [0.2, 0.25) is 10.0 Å². The number of hydrogen-bond acceptors (Lipinski definition) is 3. The number of carbonyl (C=O) groups is 1. The fraction of sp³-hybridized carbons (Fsp3) is 0.214. The normalized spacial score (nSPS) is 10.5. The first-order valence-electron chi connectivity index (χ1n) is 5.76. The van der Waals surface area contributed by atoms with Crippen LogP contribution in [0.5, 0.6) is 5.75 Å². The van der Waals surface area contributed by atoms with Crippen molar-refractivity contribution in [2.75, 3.05) is 6.61 Å². The molecule has 3 nitrogen and oxygen atoms in total. The highest BCUT2D eigenvalue weighted by atomic mass is 35.5. The molecule has 19 heavy (non-hydrogen) atoms. The minimum absolute atomic E-state index is 0.236. The summed E-state index contributed by atoms with van der Waals surface area (Å²) in [4.78, 5) is 12.2. The van der Waals surface area contributed by atoms with Gasteiger partial charge in [-0.1, -0.05) is 23.2 Å². The van der Waals surface area contributed by atoms with E-state index in [1.165, 1.54) is 12.1 Å². The molecule has 5 heteroatoms. The summed E-state index contributed by atoms with van der Waals surface area (Å²) in [5.41, 5.74) is 0.296. The average Bonchev–Trinajstić information content (AvgIpc) is 2.79. The lowest BCUT2D eigenvalue weighted by Gasteiger charge is -2.08. The molecule has 100 valence electrons. The molecule has 1 heterocycles. The Hall–Kier alpha value is -1.45. The van der Waals surface area contributed by atoms with Crippen molar-refractivity contribution < 1.29 is 13.9 Å². The molecule has 0 spiro atoms. The van der Waals surface area contributed by atoms with Crippen LogP contribution in [0, 0.1) is 6.92 Å². The zero-order valence-corrected chi connectivity index (χ0v) is 12.0. The standard InChI is InChI=1S/C14H12Cl2O3/c1-3-18-13-7-10(15)9(6-11(13)16)14(17)12-5-4-8(2)19-12/h4-7H,3H2,1-2H3. The van der Waals surface area contributed by atoms with Crippen molar-refractivity contribution in [1.29, 1.82) is 0 Å². The van der Waals surface area contributed by atoms with Gasteiger partial charge in [0.1, 0.15) is 11.5 Å². The Labute approximate surface area is 121 Å². The maximum atomic E-state index is 12.2. The predicted molar refractivity (Wildman–Crippen MR) is 74.5 cm³/mol. The fourth-order valence-corrected chi connectivity index (χ4v) is 2.12. The lowest BCUT2D eigenvalue weighted by atomic mass is 10.1. The summed E-state index contributed by atoms with van der Waals surface area (Å²) in [7, 11) is 0. The Morgan fingerprint density at radius 2 is 2.00 bits per heavy atom. The van der Waals surface area contributed by atoms with E-state index in [-0.39, 0.29) is 16.6 Å². The second-order valence-electron chi connectivity index (χ2n) is 3.93. The number of furan rings is 1. The summed E-state index contributed by atoms with van der Waals surface area (Å²) in [6.45, 7) is 4.08. The van der Waals surface area contributed by atoms with Crippen LogP contribution in [0.1, 0.15) is 28.8 Å². The van der Waals surface area contributed by atoms with Crippen molar-refractivity contribution >= 4 is 29.0 Å². The number of ketones is 1. The van der Waals surface area contributed by atoms with E-state index in [0.29, 0.717) is 28.7 Å². The summed E-state index contributed by atoms with van der Waals surface area (Å²) in [6.07, 6.45) is 0. The molecule has 0 unspecified atom stereocenters. The molecule has 0 amide bonds. The number of aryl methyl sites for hydroxylation is 1. The van der Waals surface area contributed by atoms with Gasteiger partial charge in [0.15, 0.2) is 5.76 Å². The third kappa shape index (κ3) is 2.94. The van der Waals surface area contributed by atoms with Crippen LogP contribution in [0.4, 0.5) is 0 Å². The number of rotatable bonds is 4. The molecule has 1 aromatic heterocycles. The zero-order chi connectivity index (χ0) is 14.0. The van der Waals surface area contributed by atoms with Gasteiger partial charge in [-0.2, -0.15) is 0 Å². The van der Waals surface area contributed by atoms with Gasteiger partial charge in [0.05, 0.1) is 16.7 Å². The summed E-state index contributed by atoms with van der Waals surface area (Å²) in [5, 5.41) is 0.629. The Bertz CT molecular complexity index is 617. The van der Waals surface area contributed by atoms with Gasteiger partial charge in [-0.3, -0.25) is 4.79 Å². The molecule has 0 aliphatic rings. The highest BCUT2D eigenvalue weighted by Gasteiger charge is 2.18. The minimum Gasteiger partial charge on any atom is -0.492 e. The second-order valence-corrected chi connectivity index (χ2v) is 4.75. The van der Waals surface area contributed by atoms with E-state index in [9.17, 15) is 4.79 Å². The van der Waals surface area contributed by atoms with Gasteiger partial charge in [0.2, 0.25) is 5.78 Å². The Balaban J connectivity index is 2.40. The van der Waals surface area contributed by atoms with Gasteiger partial charge in [-0.25, -0.2) is 0 Å². The number of ether oxygens (including phenoxy) is 1. The second kappa shape index (κ2) is 5.68. The van der Waals surface area contributed by atoms with Crippen LogP contribution in [-0.2, 0) is 0 Å². The number of halogens is 2. The number of carbonyl (C=O) groups excluding carboxylic acids is 1. The van der Waals surface area contributed by atoms with Gasteiger partial charge < -0.3 is 9.15 Å². The van der Waals surface area contributed by atoms with Crippen molar-refractivity contribution in [3.05, 3.63) is 51.4 Å². The summed E-state index contributed by atoms with van der Waals surface area (Å²) in [6, 6.07) is 6.36. The van der Waals surface area contributed by atoms with Crippen molar-refractivity contribution in [2.45, 2.75) is 13.8 Å². The summed E-state index contributed by atoms with van der Waals surface area (Å²) >= 11 is 12.1. The Morgan fingerprint density at radius 1 is 1.26 bits per heavy atom. The molecule has 0 fully saturated rings. The summed E-state index contributed by atoms with van der Waals surface area (Å²) < 4.78 is 10.6. The zero-order valence-electron chi connectivity index (χ0n) is 10.5. The van der Waals surface area contributed by atoms with Crippen LogP contribution in [0.3, 0.4) is 0 Å². The Morgan fingerprint density at radius 3 is 2.58 bits per heavy atom. The van der Waals surface area contributed by atoms with Crippen LogP contribution >= 0.6 is 23.2 Å². The molecule has 0 saturated heterocycles. The monoisotopic (exact) mass is 298 g/mol. The van der Waals surface area contributed by atoms with Crippen LogP contribution in [0.25, 0.3) is 0 Å². The van der Waals surface area contributed by atoms with Crippen LogP contribution in [-0.4, -0.2) is 12.4 Å². The molecular weight excluding hydrogens is 287 g/mol. The van der Waals surface area contributed by atoms with E-state index in [4.69, 9.17) is 32.4 Å². The third-order valence-corrected chi connectivity index (χ3v) is 3.14. The third-order valence-electron chi connectivity index (χ3n) is 2.53. The van der Waals surface area contributed by atoms with Crippen molar-refractivity contribution in [1.82, 2.24) is 0 Å². The average molecular weight is 299 g/mol. The van der Waals surface area contributed by atoms with E-state index >= 15 is 0 Å². The predicted octanol–water partition coefficient (Wildman–Crippen LogP) is 4.52. The maximum Gasteiger partial charge on any atom is 0.229 e. The van der Waals surface area contributed by atoms with E-state index in [0.717, 1.165) is 0 Å². The molecule has 0 atom stereocenters. The van der Waals surface area contributed by atoms with Gasteiger partial charge in [0.25, 0.3) is 0 Å². The topological polar surface area (TPSA) is 39.4 Å². The first kappa shape index (κ1) is 14.0. The van der Waals surface area contributed by atoms with E-state index in [1.807, 2.05) is 6.92 Å². The van der Waals surface area contributed by atoms with Crippen LogP contribution < -0.4 is 4.74 Å². The molecule has 2 rings (SSSR count). The van der Waals surface area contributed by atoms with Gasteiger partial charge in [-0.05, 0) is 32.0 Å². The fourth-order valence-electron chi connectivity index (χ4n) is 1.66. The SMILES string of the molecule is CCOc1cc(Cl)c(C(=O)c2ccc(C)o2)cc1Cl. The van der Waals surface area contributed by atoms with Crippen molar-refractivity contribution in [2.24, 2.45) is 0 Å². The first-order chi connectivity index (χ1) is 9.02. The van der Waals surface area contributed by atoms with E-state index < -0.39 is 0 Å². The highest BCUT2D eigenvalue weighted by molar-refractivity contribution is 6.37. The molecule has 0 saturated carbocycles. The first-order valence-corrected chi connectivity index (χ1v) is 6.51. The number of benzene rings is 1. The molecule has 0 radical (unpaired) electrons. The lowest BCUT2D eigenvalue weighted by Crippen LogP contribution is -2.02. The largest absolute Gasteiger partial charge is 0.492 e. The molecular formula is C14H12Cl2O3. The van der Waals surface area contributed by atoms with Gasteiger partial charge in [0, 0.05) is 11.6 Å². The highest BCUT2D eigenvalue weighted by Crippen LogP contribution is 2.32. The van der Waals surface area contributed by atoms with E-state index in [1.54, 1.807) is 19.1 Å². The molecule has 1 aromatic carbocycles. The molecule has 0 aliphatic carbocycles. The maximum absolute atomic E-state index is 12.2. The van der Waals surface area contributed by atoms with Gasteiger partial charge >= 0.3 is 0 Å².